The predicted molar refractivity (Wildman–Crippen MR) is 188 cm³/mol. The molecule has 0 spiro atoms. The summed E-state index contributed by atoms with van der Waals surface area (Å²) in [5, 5.41) is 26.9. The van der Waals surface area contributed by atoms with Crippen molar-refractivity contribution in [2.24, 2.45) is 0 Å². The lowest BCUT2D eigenvalue weighted by Gasteiger charge is -2.27. The van der Waals surface area contributed by atoms with Crippen LogP contribution >= 0.6 is 7.75 Å². The smallest absolute Gasteiger partial charge is 0.459 e. The van der Waals surface area contributed by atoms with Crippen molar-refractivity contribution >= 4 is 41.6 Å². The Bertz CT molecular complexity index is 1880. The van der Waals surface area contributed by atoms with Crippen LogP contribution in [0.2, 0.25) is 0 Å². The van der Waals surface area contributed by atoms with Crippen molar-refractivity contribution < 1.29 is 47.6 Å². The van der Waals surface area contributed by atoms with Gasteiger partial charge in [-0.1, -0.05) is 48.6 Å². The summed E-state index contributed by atoms with van der Waals surface area (Å²) >= 11 is 0. The number of aliphatic hydroxyl groups is 2. The first kappa shape index (κ1) is 37.8. The van der Waals surface area contributed by atoms with Gasteiger partial charge < -0.3 is 39.4 Å². The van der Waals surface area contributed by atoms with E-state index in [0.717, 1.165) is 5.39 Å². The maximum Gasteiger partial charge on any atom is 0.459 e. The molecule has 4 aromatic rings. The molecule has 5 N–H and O–H groups in total. The van der Waals surface area contributed by atoms with Crippen LogP contribution in [-0.4, -0.2) is 92.6 Å². The molecule has 51 heavy (non-hydrogen) atoms. The Morgan fingerprint density at radius 1 is 1.18 bits per heavy atom. The summed E-state index contributed by atoms with van der Waals surface area (Å²) < 4.78 is 50.1. The van der Waals surface area contributed by atoms with Gasteiger partial charge in [-0.25, -0.2) is 9.55 Å². The van der Waals surface area contributed by atoms with Crippen LogP contribution in [0, 0.1) is 0 Å². The van der Waals surface area contributed by atoms with E-state index < -0.39 is 50.4 Å². The van der Waals surface area contributed by atoms with Gasteiger partial charge in [0, 0.05) is 11.8 Å². The summed E-state index contributed by atoms with van der Waals surface area (Å²) in [4.78, 5) is 25.6. The number of rotatable bonds is 19. The predicted octanol–water partition coefficient (Wildman–Crippen LogP) is 3.84. The number of nitrogens with zero attached hydrogens (tertiary/aromatic N) is 4. The molecule has 1 fully saturated rings. The minimum Gasteiger partial charge on any atom is -0.476 e. The van der Waals surface area contributed by atoms with Crippen LogP contribution in [0.15, 0.2) is 74.1 Å². The monoisotopic (exact) mass is 726 g/mol. The minimum absolute atomic E-state index is 0.0673. The van der Waals surface area contributed by atoms with E-state index >= 15 is 0 Å². The molecule has 1 aliphatic rings. The number of anilines is 1. The number of nitrogen functional groups attached to an aromatic ring is 1. The summed E-state index contributed by atoms with van der Waals surface area (Å²) in [5.41, 5.74) is 4.46. The summed E-state index contributed by atoms with van der Waals surface area (Å²) in [7, 11) is -4.42. The molecule has 3 unspecified atom stereocenters. The first-order chi connectivity index (χ1) is 24.5. The quantitative estimate of drug-likeness (QED) is 0.0468. The van der Waals surface area contributed by atoms with Crippen LogP contribution in [0.5, 0.6) is 11.6 Å². The Kier molecular flexibility index (Phi) is 12.4. The van der Waals surface area contributed by atoms with E-state index in [1.54, 1.807) is 36.4 Å². The van der Waals surface area contributed by atoms with Crippen LogP contribution in [0.4, 0.5) is 5.95 Å². The van der Waals surface area contributed by atoms with Crippen molar-refractivity contribution in [2.75, 3.05) is 38.8 Å². The van der Waals surface area contributed by atoms with Crippen LogP contribution in [0.1, 0.15) is 32.9 Å². The zero-order valence-electron chi connectivity index (χ0n) is 28.4. The van der Waals surface area contributed by atoms with Gasteiger partial charge in [-0.3, -0.25) is 13.9 Å². The third-order valence-electron chi connectivity index (χ3n) is 7.97. The number of hydrogen-bond acceptors (Lipinski definition) is 14. The molecule has 5 rings (SSSR count). The normalized spacial score (nSPS) is 22.0. The van der Waals surface area contributed by atoms with E-state index in [4.69, 9.17) is 33.7 Å². The fourth-order valence-electron chi connectivity index (χ4n) is 5.38. The number of ether oxygens (including phenoxy) is 4. The number of carbonyl (C=O) groups is 1. The molecule has 2 aromatic heterocycles. The van der Waals surface area contributed by atoms with E-state index in [1.807, 2.05) is 18.2 Å². The van der Waals surface area contributed by atoms with Crippen molar-refractivity contribution in [2.45, 2.75) is 56.8 Å². The first-order valence-corrected chi connectivity index (χ1v) is 17.9. The number of nitrogens with two attached hydrogens (primary N) is 1. The number of benzene rings is 2. The number of aromatic nitrogens is 4. The molecule has 1 saturated heterocycles. The van der Waals surface area contributed by atoms with Gasteiger partial charge in [-0.2, -0.15) is 15.1 Å². The highest BCUT2D eigenvalue weighted by atomic mass is 31.2. The summed E-state index contributed by atoms with van der Waals surface area (Å²) in [5.74, 6) is -0.468. The number of carbonyl (C=O) groups excluding carboxylic acids is 1. The Morgan fingerprint density at radius 2 is 1.96 bits per heavy atom. The zero-order valence-corrected chi connectivity index (χ0v) is 29.3. The number of aliphatic hydroxyl groups excluding tert-OH is 1. The Hall–Kier alpha value is -4.41. The van der Waals surface area contributed by atoms with Gasteiger partial charge >= 0.3 is 13.7 Å². The number of imidazole rings is 1. The standard InChI is InChI=1S/C34H43N6O10P/c1-5-7-18-46-30-27-29(37-33(35)38-30)40(21-36-27)32-34(4,43)28(41)26(49-32)20-48-51(44,39-22(3)31(42)47-19-11-17-45-16-6-2)50-25-15-10-13-23-12-8-9-14-24(23)25/h5-6,8-10,12-15,21-22,26,28,32,41,43H,1-2,7,11,16-20H2,3-4H3,(H,39,44)(H2,35,37,38)/t22-,26?,28+,32?,34+,51?/m0/s1. The molecule has 0 aliphatic carbocycles. The van der Waals surface area contributed by atoms with Crippen LogP contribution in [0.25, 0.3) is 21.9 Å². The number of fused-ring (bicyclic) bond motifs is 2. The molecule has 3 heterocycles. The van der Waals surface area contributed by atoms with Gasteiger partial charge in [0.25, 0.3) is 0 Å². The third-order valence-corrected chi connectivity index (χ3v) is 9.60. The third kappa shape index (κ3) is 8.91. The molecule has 1 aliphatic heterocycles. The van der Waals surface area contributed by atoms with Crippen molar-refractivity contribution in [3.05, 3.63) is 74.1 Å². The topological polar surface area (TPSA) is 212 Å². The molecule has 17 heteroatoms. The van der Waals surface area contributed by atoms with Gasteiger partial charge in [0.05, 0.1) is 39.4 Å². The Morgan fingerprint density at radius 3 is 2.75 bits per heavy atom. The van der Waals surface area contributed by atoms with E-state index in [9.17, 15) is 19.6 Å². The van der Waals surface area contributed by atoms with Gasteiger partial charge in [0.1, 0.15) is 29.6 Å². The van der Waals surface area contributed by atoms with Crippen LogP contribution in [-0.2, 0) is 28.1 Å². The second-order valence-corrected chi connectivity index (χ2v) is 13.6. The molecule has 16 nitrogen and oxygen atoms in total. The maximum atomic E-state index is 14.4. The second-order valence-electron chi connectivity index (χ2n) is 11.9. The van der Waals surface area contributed by atoms with E-state index in [-0.39, 0.29) is 42.0 Å². The number of esters is 1. The van der Waals surface area contributed by atoms with E-state index in [2.05, 4.69) is 33.2 Å². The molecule has 0 bridgehead atoms. The molecule has 0 radical (unpaired) electrons. The SMILES string of the molecule is C=CCCOc1nc(N)nc2c1ncn2C1OC(COP(=O)(N[C@@H](C)C(=O)OCCCOCC=C)Oc2cccc3ccccc23)[C@@H](O)[C@@]1(C)O. The fraction of sp³-hybridized carbons (Fsp3) is 0.412. The fourth-order valence-corrected chi connectivity index (χ4v) is 6.90. The van der Waals surface area contributed by atoms with Crippen LogP contribution in [0.3, 0.4) is 0 Å². The maximum absolute atomic E-state index is 14.4. The zero-order chi connectivity index (χ0) is 36.6. The molecule has 274 valence electrons. The number of nitrogens with one attached hydrogen (secondary N) is 1. The minimum atomic E-state index is -4.42. The lowest BCUT2D eigenvalue weighted by Crippen LogP contribution is -2.44. The molecule has 2 aromatic carbocycles. The highest BCUT2D eigenvalue weighted by Crippen LogP contribution is 2.48. The highest BCUT2D eigenvalue weighted by molar-refractivity contribution is 7.52. The lowest BCUT2D eigenvalue weighted by molar-refractivity contribution is -0.145. The van der Waals surface area contributed by atoms with Crippen molar-refractivity contribution in [1.82, 2.24) is 24.6 Å². The molecule has 0 amide bonds. The molecule has 6 atom stereocenters. The second kappa shape index (κ2) is 16.7. The van der Waals surface area contributed by atoms with E-state index in [1.165, 1.54) is 24.7 Å². The van der Waals surface area contributed by atoms with E-state index in [0.29, 0.717) is 31.4 Å². The highest BCUT2D eigenvalue weighted by Gasteiger charge is 2.54. The van der Waals surface area contributed by atoms with Crippen molar-refractivity contribution in [1.29, 1.82) is 0 Å². The summed E-state index contributed by atoms with van der Waals surface area (Å²) in [6, 6.07) is 11.3. The average Bonchev–Trinajstić information content (AvgIpc) is 3.62. The van der Waals surface area contributed by atoms with Gasteiger partial charge in [0.2, 0.25) is 11.8 Å². The lowest BCUT2D eigenvalue weighted by atomic mass is 9.96. The molecular weight excluding hydrogens is 683 g/mol. The van der Waals surface area contributed by atoms with Crippen molar-refractivity contribution in [3.8, 4) is 11.6 Å². The molecule has 0 saturated carbocycles. The van der Waals surface area contributed by atoms with Gasteiger partial charge in [-0.05, 0) is 31.7 Å². The van der Waals surface area contributed by atoms with Crippen LogP contribution < -0.4 is 20.1 Å². The summed E-state index contributed by atoms with van der Waals surface area (Å²) in [6.45, 7) is 10.6. The number of hydrogen-bond donors (Lipinski definition) is 4. The average molecular weight is 727 g/mol. The summed E-state index contributed by atoms with van der Waals surface area (Å²) in [6.07, 6.45) is 1.60. The Balaban J connectivity index is 1.35. The van der Waals surface area contributed by atoms with Crippen molar-refractivity contribution in [3.63, 3.8) is 0 Å². The molecular formula is C34H43N6O10P. The Labute approximate surface area is 294 Å². The van der Waals surface area contributed by atoms with Gasteiger partial charge in [-0.15, -0.1) is 13.2 Å². The first-order valence-electron chi connectivity index (χ1n) is 16.3. The van der Waals surface area contributed by atoms with Gasteiger partial charge in [0.15, 0.2) is 17.4 Å². The largest absolute Gasteiger partial charge is 0.476 e.